The number of aromatic amines is 2. The minimum atomic E-state index is -0.122. The van der Waals surface area contributed by atoms with Gasteiger partial charge < -0.3 is 19.8 Å². The summed E-state index contributed by atoms with van der Waals surface area (Å²) >= 11 is 0. The van der Waals surface area contributed by atoms with Crippen LogP contribution in [0, 0.1) is 25.7 Å². The van der Waals surface area contributed by atoms with Crippen molar-refractivity contribution in [1.29, 1.82) is 0 Å². The molecule has 2 saturated heterocycles. The van der Waals surface area contributed by atoms with Gasteiger partial charge in [0.1, 0.15) is 0 Å². The van der Waals surface area contributed by atoms with E-state index in [1.807, 2.05) is 22.2 Å². The molecule has 218 valence electrons. The van der Waals surface area contributed by atoms with Gasteiger partial charge in [-0.1, -0.05) is 25.7 Å². The molecule has 2 aliphatic heterocycles. The van der Waals surface area contributed by atoms with Crippen LogP contribution in [0.3, 0.4) is 0 Å². The van der Waals surface area contributed by atoms with Crippen molar-refractivity contribution < 1.29 is 19.2 Å². The van der Waals surface area contributed by atoms with Gasteiger partial charge in [-0.3, -0.25) is 19.2 Å². The Balaban J connectivity index is 0.775. The first-order valence-electron chi connectivity index (χ1n) is 15.8. The quantitative estimate of drug-likeness (QED) is 0.410. The molecule has 0 bridgehead atoms. The van der Waals surface area contributed by atoms with Crippen molar-refractivity contribution >= 4 is 23.4 Å². The summed E-state index contributed by atoms with van der Waals surface area (Å²) in [4.78, 5) is 61.9. The second-order valence-corrected chi connectivity index (χ2v) is 13.6. The summed E-state index contributed by atoms with van der Waals surface area (Å²) in [5.41, 5.74) is 7.53. The molecule has 4 atom stereocenters. The molecule has 4 heterocycles. The first kappa shape index (κ1) is 26.0. The van der Waals surface area contributed by atoms with Crippen LogP contribution in [0.5, 0.6) is 0 Å². The summed E-state index contributed by atoms with van der Waals surface area (Å²) in [7, 11) is 0. The number of nitrogens with zero attached hydrogens (tertiary/aromatic N) is 2. The highest BCUT2D eigenvalue weighted by atomic mass is 16.2. The van der Waals surface area contributed by atoms with Gasteiger partial charge in [-0.05, 0) is 73.6 Å². The van der Waals surface area contributed by atoms with Gasteiger partial charge in [0.15, 0.2) is 0 Å². The summed E-state index contributed by atoms with van der Waals surface area (Å²) in [6, 6.07) is 0. The highest BCUT2D eigenvalue weighted by Gasteiger charge is 2.69. The van der Waals surface area contributed by atoms with Crippen LogP contribution in [-0.2, 0) is 20.4 Å². The van der Waals surface area contributed by atoms with Gasteiger partial charge in [0.05, 0.1) is 11.4 Å². The van der Waals surface area contributed by atoms with Gasteiger partial charge in [-0.2, -0.15) is 0 Å². The molecular weight excluding hydrogens is 528 g/mol. The number of amides is 2. The van der Waals surface area contributed by atoms with Crippen LogP contribution in [0.4, 0.5) is 0 Å². The van der Waals surface area contributed by atoms with E-state index in [-0.39, 0.29) is 34.2 Å². The van der Waals surface area contributed by atoms with Gasteiger partial charge in [-0.15, -0.1) is 0 Å². The number of unbranched alkanes of at least 4 members (excludes halogenated alkanes) is 5. The number of nitrogens with one attached hydrogen (secondary N) is 2. The van der Waals surface area contributed by atoms with Crippen LogP contribution in [0.2, 0.25) is 0 Å². The first-order chi connectivity index (χ1) is 20.3. The molecule has 0 unspecified atom stereocenters. The van der Waals surface area contributed by atoms with Crippen LogP contribution in [-0.4, -0.2) is 56.2 Å². The topological polar surface area (TPSA) is 106 Å². The second kappa shape index (κ2) is 8.91. The zero-order chi connectivity index (χ0) is 29.0. The van der Waals surface area contributed by atoms with E-state index in [0.29, 0.717) is 36.1 Å². The molecule has 6 aliphatic rings. The van der Waals surface area contributed by atoms with Crippen molar-refractivity contribution in [3.63, 3.8) is 0 Å². The molecule has 0 aromatic carbocycles. The number of hydrogen-bond donors (Lipinski definition) is 2. The standard InChI is InChI=1S/C34H38N4O4/c1-19-15-35-31-23(39)11-25-33(29(19)31)13-21(33)17-37(25)27(41)9-7-5-3-4-6-8-10-28(42)38-18-22-14-34(22)26(38)12-24(40)32-30(34)20(2)16-36-32/h11-12,15-16,21-22,35-36H,3-10,13-14,17-18H2,1-2H3/t21-,22-,33-,34-/m0/s1. The number of aromatic nitrogens is 2. The summed E-state index contributed by atoms with van der Waals surface area (Å²) in [6.07, 6.45) is 16.1. The fraction of sp³-hybridized carbons (Fsp3) is 0.529. The Bertz CT molecular complexity index is 1520. The number of H-pyrrole nitrogens is 2. The molecule has 8 heteroatoms. The average molecular weight is 567 g/mol. The SMILES string of the molecule is Cc1c[nH]c2c1[C@@]13C[C@H]1CN(C(=O)CCCCCCCCC(=O)N1C[C@@H]4C[C@@]45C1=CC(=O)c1[nH]cc(C)c15)C3=CC2=O. The molecule has 4 aliphatic carbocycles. The fourth-order valence-electron chi connectivity index (χ4n) is 9.11. The predicted molar refractivity (Wildman–Crippen MR) is 156 cm³/mol. The van der Waals surface area contributed by atoms with Crippen molar-refractivity contribution in [3.8, 4) is 0 Å². The molecule has 4 fully saturated rings. The Hall–Kier alpha value is -3.68. The van der Waals surface area contributed by atoms with Crippen LogP contribution < -0.4 is 0 Å². The predicted octanol–water partition coefficient (Wildman–Crippen LogP) is 5.14. The Morgan fingerprint density at radius 3 is 1.55 bits per heavy atom. The van der Waals surface area contributed by atoms with E-state index in [1.165, 1.54) is 0 Å². The van der Waals surface area contributed by atoms with Crippen LogP contribution in [0.25, 0.3) is 0 Å². The second-order valence-electron chi connectivity index (χ2n) is 13.6. The third-order valence-corrected chi connectivity index (χ3v) is 11.2. The van der Waals surface area contributed by atoms with E-state index in [0.717, 1.165) is 98.1 Å². The lowest BCUT2D eigenvalue weighted by molar-refractivity contribution is -0.130. The number of rotatable bonds is 9. The Kier molecular flexibility index (Phi) is 5.51. The van der Waals surface area contributed by atoms with E-state index < -0.39 is 0 Å². The van der Waals surface area contributed by atoms with E-state index in [4.69, 9.17) is 0 Å². The average Bonchev–Trinajstić information content (AvgIpc) is 3.56. The van der Waals surface area contributed by atoms with Gasteiger partial charge >= 0.3 is 0 Å². The van der Waals surface area contributed by atoms with Crippen LogP contribution in [0.15, 0.2) is 35.9 Å². The Labute approximate surface area is 245 Å². The highest BCUT2D eigenvalue weighted by molar-refractivity contribution is 6.09. The molecule has 2 saturated carbocycles. The number of ketones is 2. The van der Waals surface area contributed by atoms with Gasteiger partial charge in [0, 0.05) is 72.7 Å². The van der Waals surface area contributed by atoms with Crippen molar-refractivity contribution in [1.82, 2.24) is 19.8 Å². The maximum Gasteiger partial charge on any atom is 0.226 e. The van der Waals surface area contributed by atoms with Crippen molar-refractivity contribution in [3.05, 3.63) is 69.6 Å². The third-order valence-electron chi connectivity index (χ3n) is 11.2. The summed E-state index contributed by atoms with van der Waals surface area (Å²) < 4.78 is 0. The number of hydrogen-bond acceptors (Lipinski definition) is 4. The molecule has 0 radical (unpaired) electrons. The largest absolute Gasteiger partial charge is 0.358 e. The number of fused-ring (bicyclic) bond motifs is 2. The summed E-state index contributed by atoms with van der Waals surface area (Å²) in [5.74, 6) is 1.11. The van der Waals surface area contributed by atoms with Gasteiger partial charge in [0.25, 0.3) is 0 Å². The van der Waals surface area contributed by atoms with E-state index in [2.05, 4.69) is 23.8 Å². The monoisotopic (exact) mass is 566 g/mol. The molecule has 8 rings (SSSR count). The maximum atomic E-state index is 13.2. The zero-order valence-corrected chi connectivity index (χ0v) is 24.5. The number of likely N-dealkylation sites (tertiary alicyclic amines) is 2. The molecule has 8 nitrogen and oxygen atoms in total. The van der Waals surface area contributed by atoms with Crippen molar-refractivity contribution in [2.75, 3.05) is 13.1 Å². The molecule has 42 heavy (non-hydrogen) atoms. The first-order valence-corrected chi connectivity index (χ1v) is 15.8. The summed E-state index contributed by atoms with van der Waals surface area (Å²) in [6.45, 7) is 5.56. The van der Waals surface area contributed by atoms with Crippen molar-refractivity contribution in [2.45, 2.75) is 88.9 Å². The lowest BCUT2D eigenvalue weighted by Crippen LogP contribution is -2.33. The van der Waals surface area contributed by atoms with E-state index in [9.17, 15) is 19.2 Å². The molecule has 2 N–H and O–H groups in total. The van der Waals surface area contributed by atoms with Gasteiger partial charge in [-0.25, -0.2) is 0 Å². The molecule has 2 amide bonds. The number of carbonyl (C=O) groups is 4. The van der Waals surface area contributed by atoms with Crippen LogP contribution >= 0.6 is 0 Å². The van der Waals surface area contributed by atoms with Gasteiger partial charge in [0.2, 0.25) is 23.4 Å². The smallest absolute Gasteiger partial charge is 0.226 e. The van der Waals surface area contributed by atoms with E-state index in [1.54, 1.807) is 12.2 Å². The lowest BCUT2D eigenvalue weighted by Gasteiger charge is -2.28. The number of aryl methyl sites for hydroxylation is 2. The number of piperidine rings is 2. The zero-order valence-electron chi connectivity index (χ0n) is 24.5. The Morgan fingerprint density at radius 2 is 1.12 bits per heavy atom. The number of carbonyl (C=O) groups excluding carboxylic acids is 4. The normalized spacial score (nSPS) is 29.3. The highest BCUT2D eigenvalue weighted by Crippen LogP contribution is 2.68. The van der Waals surface area contributed by atoms with Crippen molar-refractivity contribution in [2.24, 2.45) is 11.8 Å². The molecular formula is C34H38N4O4. The number of allylic oxidation sites excluding steroid dienone is 4. The Morgan fingerprint density at radius 1 is 0.714 bits per heavy atom. The molecule has 2 spiro atoms. The molecule has 2 aromatic rings. The lowest BCUT2D eigenvalue weighted by atomic mass is 9.83. The van der Waals surface area contributed by atoms with Crippen LogP contribution in [0.1, 0.15) is 107 Å². The minimum Gasteiger partial charge on any atom is -0.358 e. The third kappa shape index (κ3) is 3.41. The van der Waals surface area contributed by atoms with E-state index >= 15 is 0 Å². The maximum absolute atomic E-state index is 13.2. The summed E-state index contributed by atoms with van der Waals surface area (Å²) in [5, 5.41) is 0. The minimum absolute atomic E-state index is 0.0163. The fourth-order valence-corrected chi connectivity index (χ4v) is 9.11. The molecule has 2 aromatic heterocycles.